The second-order valence-corrected chi connectivity index (χ2v) is 3.27. The Kier molecular flexibility index (Phi) is 2.46. The van der Waals surface area contributed by atoms with Crippen LogP contribution >= 0.6 is 0 Å². The number of morpholine rings is 1. The Labute approximate surface area is 87.6 Å². The van der Waals surface area contributed by atoms with Gasteiger partial charge in [0.2, 0.25) is 0 Å². The predicted molar refractivity (Wildman–Crippen MR) is 50.6 cm³/mol. The van der Waals surface area contributed by atoms with Gasteiger partial charge in [-0.05, 0) is 5.34 Å². The lowest BCUT2D eigenvalue weighted by Gasteiger charge is -2.58. The van der Waals surface area contributed by atoms with Crippen molar-refractivity contribution in [3.8, 4) is 0 Å². The first-order valence-corrected chi connectivity index (χ1v) is 3.52. The molecule has 0 saturated carbocycles. The molecule has 0 bridgehead atoms. The molecule has 0 aromatic heterocycles. The summed E-state index contributed by atoms with van der Waals surface area (Å²) in [5.74, 6) is -3.13. The second-order valence-electron chi connectivity index (χ2n) is 3.27. The van der Waals surface area contributed by atoms with Crippen LogP contribution in [0.5, 0.6) is 0 Å². The minimum atomic E-state index is -3.13. The summed E-state index contributed by atoms with van der Waals surface area (Å²) in [6.45, 7) is 0. The third kappa shape index (κ3) is 1.65. The maximum absolute atomic E-state index is 9.28. The molecule has 1 unspecified atom stereocenters. The number of ether oxygens (including phenoxy) is 1. The highest BCUT2D eigenvalue weighted by molar-refractivity contribution is 6.47. The highest BCUT2D eigenvalue weighted by Crippen LogP contribution is 2.31. The van der Waals surface area contributed by atoms with E-state index in [-0.39, 0.29) is 0 Å². The van der Waals surface area contributed by atoms with E-state index < -0.39 is 22.3 Å². The number of hydrogen-bond donors (Lipinski definition) is 4. The van der Waals surface area contributed by atoms with Crippen LogP contribution in [0.3, 0.4) is 0 Å². The maximum Gasteiger partial charge on any atom is 0.281 e. The van der Waals surface area contributed by atoms with Crippen LogP contribution in [-0.4, -0.2) is 76.9 Å². The van der Waals surface area contributed by atoms with Crippen LogP contribution in [0.15, 0.2) is 0 Å². The fourth-order valence-electron chi connectivity index (χ4n) is 0.899. The fourth-order valence-corrected chi connectivity index (χ4v) is 0.899. The largest absolute Gasteiger partial charge is 0.374 e. The van der Waals surface area contributed by atoms with Gasteiger partial charge in [0.1, 0.15) is 5.69 Å². The van der Waals surface area contributed by atoms with Crippen LogP contribution in [-0.2, 0) is 4.74 Å². The molecule has 0 amide bonds. The summed E-state index contributed by atoms with van der Waals surface area (Å²) in [4.78, 5) is 0. The van der Waals surface area contributed by atoms with Gasteiger partial charge in [-0.3, -0.25) is 0 Å². The summed E-state index contributed by atoms with van der Waals surface area (Å²) in [6.07, 6.45) is 0. The SMILES string of the molecule is [B]C1([B])NC([B])([B])C(O)(O)OC1([B])O. The monoisotopic (exact) mass is 185 g/mol. The molecule has 1 saturated heterocycles. The van der Waals surface area contributed by atoms with Crippen LogP contribution in [0.4, 0.5) is 0 Å². The van der Waals surface area contributed by atoms with Crippen LogP contribution in [0.2, 0.25) is 0 Å². The normalized spacial score (nSPS) is 39.1. The second kappa shape index (κ2) is 2.83. The molecule has 1 atom stereocenters. The molecule has 1 aliphatic heterocycles. The zero-order chi connectivity index (χ0) is 11.4. The standard InChI is InChI=1S/C4H4B5NO4/c5-1(6)3(9,11)14-4(12,13)2(7,8)10-1/h10-13H. The van der Waals surface area contributed by atoms with E-state index in [1.165, 1.54) is 0 Å². The van der Waals surface area contributed by atoms with Gasteiger partial charge in [0.25, 0.3) is 5.97 Å². The van der Waals surface area contributed by atoms with Crippen molar-refractivity contribution in [2.75, 3.05) is 0 Å². The summed E-state index contributed by atoms with van der Waals surface area (Å²) < 4.78 is 4.17. The molecule has 0 aromatic carbocycles. The average Bonchev–Trinajstić information content (AvgIpc) is 1.78. The van der Waals surface area contributed by atoms with Crippen molar-refractivity contribution in [3.63, 3.8) is 0 Å². The Bertz CT molecular complexity index is 204. The molecule has 10 radical (unpaired) electrons. The average molecular weight is 184 g/mol. The van der Waals surface area contributed by atoms with E-state index in [4.69, 9.17) is 49.4 Å². The minimum Gasteiger partial charge on any atom is -0.374 e. The Morgan fingerprint density at radius 1 is 0.857 bits per heavy atom. The minimum absolute atomic E-state index is 1.92. The smallest absolute Gasteiger partial charge is 0.281 e. The summed E-state index contributed by atoms with van der Waals surface area (Å²) in [5.41, 5.74) is -2.75. The lowest BCUT2D eigenvalue weighted by molar-refractivity contribution is -0.424. The van der Waals surface area contributed by atoms with Gasteiger partial charge in [-0.15, -0.1) is 0 Å². The van der Waals surface area contributed by atoms with Crippen LogP contribution in [0.25, 0.3) is 0 Å². The van der Waals surface area contributed by atoms with E-state index in [0.717, 1.165) is 0 Å². The molecule has 14 heavy (non-hydrogen) atoms. The predicted octanol–water partition coefficient (Wildman–Crippen LogP) is -4.96. The first kappa shape index (κ1) is 12.2. The first-order chi connectivity index (χ1) is 5.91. The van der Waals surface area contributed by atoms with Gasteiger partial charge >= 0.3 is 0 Å². The third-order valence-electron chi connectivity index (χ3n) is 1.84. The Hall–Kier alpha value is 0.125. The molecule has 1 aliphatic rings. The zero-order valence-electron chi connectivity index (χ0n) is 7.14. The summed E-state index contributed by atoms with van der Waals surface area (Å²) >= 11 is 0. The Balaban J connectivity index is 3.07. The summed E-state index contributed by atoms with van der Waals surface area (Å²) in [5, 5.41) is 24.9. The highest BCUT2D eigenvalue weighted by Gasteiger charge is 2.57. The molecular formula is C4H4B5NO4. The highest BCUT2D eigenvalue weighted by atomic mass is 16.8. The van der Waals surface area contributed by atoms with Gasteiger partial charge in [0, 0.05) is 5.34 Å². The van der Waals surface area contributed by atoms with Gasteiger partial charge in [0.05, 0.1) is 31.4 Å². The van der Waals surface area contributed by atoms with Gasteiger partial charge in [-0.1, -0.05) is 0 Å². The van der Waals surface area contributed by atoms with Crippen molar-refractivity contribution in [2.24, 2.45) is 0 Å². The molecule has 1 heterocycles. The number of aliphatic hydroxyl groups is 3. The van der Waals surface area contributed by atoms with Crippen molar-refractivity contribution in [3.05, 3.63) is 0 Å². The Morgan fingerprint density at radius 2 is 1.29 bits per heavy atom. The lowest BCUT2D eigenvalue weighted by Crippen LogP contribution is -2.84. The zero-order valence-corrected chi connectivity index (χ0v) is 7.14. The van der Waals surface area contributed by atoms with Gasteiger partial charge in [-0.25, -0.2) is 0 Å². The van der Waals surface area contributed by atoms with Crippen LogP contribution in [0, 0.1) is 0 Å². The van der Waals surface area contributed by atoms with E-state index in [1.807, 2.05) is 5.32 Å². The molecule has 10 heteroatoms. The van der Waals surface area contributed by atoms with E-state index in [9.17, 15) is 5.11 Å². The molecule has 1 rings (SSSR count). The topological polar surface area (TPSA) is 82.0 Å². The van der Waals surface area contributed by atoms with Crippen molar-refractivity contribution in [2.45, 2.75) is 22.3 Å². The molecule has 0 aromatic rings. The lowest BCUT2D eigenvalue weighted by atomic mass is 9.46. The molecule has 64 valence electrons. The maximum atomic E-state index is 9.28. The molecule has 0 spiro atoms. The molecule has 5 nitrogen and oxygen atoms in total. The van der Waals surface area contributed by atoms with Crippen molar-refractivity contribution in [1.82, 2.24) is 5.32 Å². The quantitative estimate of drug-likeness (QED) is 0.224. The number of rotatable bonds is 0. The first-order valence-electron chi connectivity index (χ1n) is 3.52. The summed E-state index contributed by atoms with van der Waals surface area (Å²) in [6, 6.07) is 0. The van der Waals surface area contributed by atoms with Gasteiger partial charge in [0.15, 0.2) is 7.85 Å². The van der Waals surface area contributed by atoms with Crippen molar-refractivity contribution >= 4 is 39.2 Å². The van der Waals surface area contributed by atoms with Crippen molar-refractivity contribution < 1.29 is 20.1 Å². The Morgan fingerprint density at radius 3 is 1.64 bits per heavy atom. The molecule has 1 fully saturated rings. The molecular weight excluding hydrogens is 180 g/mol. The van der Waals surface area contributed by atoms with Crippen molar-refractivity contribution in [1.29, 1.82) is 0 Å². The van der Waals surface area contributed by atoms with E-state index in [0.29, 0.717) is 0 Å². The number of nitrogens with one attached hydrogen (secondary N) is 1. The summed E-state index contributed by atoms with van der Waals surface area (Å²) in [7, 11) is 25.9. The van der Waals surface area contributed by atoms with E-state index in [2.05, 4.69) is 4.74 Å². The van der Waals surface area contributed by atoms with Crippen LogP contribution in [0.1, 0.15) is 0 Å². The van der Waals surface area contributed by atoms with Gasteiger partial charge < -0.3 is 25.4 Å². The number of hydrogen-bond acceptors (Lipinski definition) is 5. The molecule has 4 N–H and O–H groups in total. The van der Waals surface area contributed by atoms with Gasteiger partial charge in [-0.2, -0.15) is 0 Å². The van der Waals surface area contributed by atoms with E-state index >= 15 is 0 Å². The van der Waals surface area contributed by atoms with Crippen LogP contribution < -0.4 is 5.32 Å². The van der Waals surface area contributed by atoms with E-state index in [1.54, 1.807) is 0 Å². The fraction of sp³-hybridized carbons (Fsp3) is 1.00. The third-order valence-corrected chi connectivity index (χ3v) is 1.84. The molecule has 0 aliphatic carbocycles.